The molecular formula is C19H13N3O2. The summed E-state index contributed by atoms with van der Waals surface area (Å²) < 4.78 is 0. The Morgan fingerprint density at radius 3 is 2.12 bits per heavy atom. The van der Waals surface area contributed by atoms with Crippen LogP contribution in [0, 0.1) is 34.5 Å². The first-order valence-corrected chi connectivity index (χ1v) is 7.44. The van der Waals surface area contributed by atoms with E-state index in [1.165, 1.54) is 0 Å². The Labute approximate surface area is 139 Å². The highest BCUT2D eigenvalue weighted by Crippen LogP contribution is 2.37. The van der Waals surface area contributed by atoms with Gasteiger partial charge in [-0.25, -0.2) is 4.79 Å². The number of carbonyl (C=O) groups is 1. The first-order valence-electron chi connectivity index (χ1n) is 7.44. The highest BCUT2D eigenvalue weighted by molar-refractivity contribution is 6.14. The number of hydrogen-bond donors (Lipinski definition) is 0. The smallest absolute Gasteiger partial charge is 0.317 e. The zero-order valence-corrected chi connectivity index (χ0v) is 12.7. The molecule has 1 heterocycles. The maximum atomic E-state index is 12.4. The summed E-state index contributed by atoms with van der Waals surface area (Å²) in [4.78, 5) is 17.3. The van der Waals surface area contributed by atoms with Crippen molar-refractivity contribution < 1.29 is 9.63 Å². The van der Waals surface area contributed by atoms with Crippen molar-refractivity contribution in [3.8, 4) is 12.1 Å². The van der Waals surface area contributed by atoms with E-state index >= 15 is 0 Å². The van der Waals surface area contributed by atoms with Crippen LogP contribution in [-0.2, 0) is 9.63 Å². The van der Waals surface area contributed by atoms with Crippen LogP contribution in [0.5, 0.6) is 0 Å². The molecule has 0 saturated carbocycles. The Kier molecular flexibility index (Phi) is 4.36. The summed E-state index contributed by atoms with van der Waals surface area (Å²) in [6.07, 6.45) is 0. The van der Waals surface area contributed by atoms with Crippen molar-refractivity contribution in [2.75, 3.05) is 0 Å². The van der Waals surface area contributed by atoms with Crippen LogP contribution in [0.3, 0.4) is 0 Å². The van der Waals surface area contributed by atoms with Crippen LogP contribution in [0.25, 0.3) is 0 Å². The fourth-order valence-electron chi connectivity index (χ4n) is 2.92. The minimum Gasteiger partial charge on any atom is -0.317 e. The van der Waals surface area contributed by atoms with Crippen molar-refractivity contribution >= 4 is 11.7 Å². The van der Waals surface area contributed by atoms with Crippen LogP contribution in [0.1, 0.15) is 17.0 Å². The molecule has 2 atom stereocenters. The third-order valence-corrected chi connectivity index (χ3v) is 4.03. The number of carbonyl (C=O) groups excluding carboxylic acids is 1. The van der Waals surface area contributed by atoms with Gasteiger partial charge in [0.25, 0.3) is 0 Å². The average molecular weight is 315 g/mol. The number of nitrogens with zero attached hydrogens (tertiary/aromatic N) is 3. The Morgan fingerprint density at radius 2 is 1.54 bits per heavy atom. The monoisotopic (exact) mass is 315 g/mol. The number of oxime groups is 1. The molecule has 0 aromatic heterocycles. The largest absolute Gasteiger partial charge is 0.344 e. The highest BCUT2D eigenvalue weighted by Gasteiger charge is 2.44. The molecule has 0 N–H and O–H groups in total. The molecule has 116 valence electrons. The lowest BCUT2D eigenvalue weighted by Crippen LogP contribution is -2.30. The summed E-state index contributed by atoms with van der Waals surface area (Å²) in [7, 11) is 0. The van der Waals surface area contributed by atoms with Gasteiger partial charge in [0.2, 0.25) is 0 Å². The van der Waals surface area contributed by atoms with Gasteiger partial charge in [-0.1, -0.05) is 65.8 Å². The standard InChI is InChI=1S/C19H13N3O2/c20-11-15(12-21)16(13-7-3-1-4-8-13)17-18(22-24-19(17)23)14-9-5-2-6-10-14/h1-10,15-17H. The Morgan fingerprint density at radius 1 is 0.958 bits per heavy atom. The fraction of sp³-hybridized carbons (Fsp3) is 0.158. The van der Waals surface area contributed by atoms with Gasteiger partial charge >= 0.3 is 5.97 Å². The molecular weight excluding hydrogens is 302 g/mol. The van der Waals surface area contributed by atoms with Crippen LogP contribution in [0.15, 0.2) is 65.8 Å². The van der Waals surface area contributed by atoms with Crippen LogP contribution in [0.4, 0.5) is 0 Å². The van der Waals surface area contributed by atoms with Gasteiger partial charge in [-0.15, -0.1) is 0 Å². The van der Waals surface area contributed by atoms with Gasteiger partial charge in [0.05, 0.1) is 12.1 Å². The molecule has 2 unspecified atom stereocenters. The highest BCUT2D eigenvalue weighted by atomic mass is 16.7. The van der Waals surface area contributed by atoms with Crippen molar-refractivity contribution in [1.82, 2.24) is 0 Å². The van der Waals surface area contributed by atoms with E-state index in [1.807, 2.05) is 60.7 Å². The Hall–Kier alpha value is -3.44. The van der Waals surface area contributed by atoms with E-state index in [-0.39, 0.29) is 0 Å². The number of nitriles is 2. The zero-order chi connectivity index (χ0) is 16.9. The molecule has 5 heteroatoms. The number of rotatable bonds is 4. The molecule has 0 aliphatic carbocycles. The van der Waals surface area contributed by atoms with E-state index in [9.17, 15) is 15.3 Å². The maximum Gasteiger partial charge on any atom is 0.344 e. The van der Waals surface area contributed by atoms with E-state index in [0.717, 1.165) is 11.1 Å². The van der Waals surface area contributed by atoms with E-state index in [2.05, 4.69) is 5.16 Å². The maximum absolute atomic E-state index is 12.4. The summed E-state index contributed by atoms with van der Waals surface area (Å²) >= 11 is 0. The first-order chi connectivity index (χ1) is 11.8. The molecule has 0 saturated heterocycles. The lowest BCUT2D eigenvalue weighted by Gasteiger charge is -2.23. The van der Waals surface area contributed by atoms with Crippen molar-refractivity contribution in [3.05, 3.63) is 71.8 Å². The molecule has 0 bridgehead atoms. The van der Waals surface area contributed by atoms with Crippen LogP contribution in [0.2, 0.25) is 0 Å². The third kappa shape index (κ3) is 2.76. The summed E-state index contributed by atoms with van der Waals surface area (Å²) in [5.74, 6) is -2.97. The lowest BCUT2D eigenvalue weighted by molar-refractivity contribution is -0.144. The van der Waals surface area contributed by atoms with Gasteiger partial charge in [-0.05, 0) is 5.56 Å². The second-order valence-electron chi connectivity index (χ2n) is 5.40. The van der Waals surface area contributed by atoms with Gasteiger partial charge < -0.3 is 4.84 Å². The number of hydrogen-bond acceptors (Lipinski definition) is 5. The van der Waals surface area contributed by atoms with E-state index in [1.54, 1.807) is 12.1 Å². The zero-order valence-electron chi connectivity index (χ0n) is 12.7. The topological polar surface area (TPSA) is 86.2 Å². The first kappa shape index (κ1) is 15.5. The quantitative estimate of drug-likeness (QED) is 0.811. The molecule has 24 heavy (non-hydrogen) atoms. The molecule has 3 rings (SSSR count). The molecule has 0 fully saturated rings. The third-order valence-electron chi connectivity index (χ3n) is 4.03. The molecule has 0 radical (unpaired) electrons. The minimum atomic E-state index is -0.989. The summed E-state index contributed by atoms with van der Waals surface area (Å²) in [5, 5.41) is 22.7. The lowest BCUT2D eigenvalue weighted by atomic mass is 9.74. The predicted octanol–water partition coefficient (Wildman–Crippen LogP) is 3.01. The van der Waals surface area contributed by atoms with Gasteiger partial charge in [-0.3, -0.25) is 0 Å². The molecule has 5 nitrogen and oxygen atoms in total. The minimum absolute atomic E-state index is 0.449. The van der Waals surface area contributed by atoms with Gasteiger partial charge in [0.1, 0.15) is 17.5 Å². The van der Waals surface area contributed by atoms with Gasteiger partial charge in [0, 0.05) is 11.5 Å². The van der Waals surface area contributed by atoms with Crippen molar-refractivity contribution in [1.29, 1.82) is 10.5 Å². The Balaban J connectivity index is 2.10. The normalized spacial score (nSPS) is 17.5. The predicted molar refractivity (Wildman–Crippen MR) is 86.5 cm³/mol. The summed E-state index contributed by atoms with van der Waals surface area (Å²) in [6, 6.07) is 22.2. The molecule has 0 amide bonds. The van der Waals surface area contributed by atoms with Crippen LogP contribution in [-0.4, -0.2) is 11.7 Å². The second kappa shape index (κ2) is 6.76. The van der Waals surface area contributed by atoms with Crippen LogP contribution >= 0.6 is 0 Å². The fourth-order valence-corrected chi connectivity index (χ4v) is 2.92. The van der Waals surface area contributed by atoms with Crippen molar-refractivity contribution in [2.45, 2.75) is 5.92 Å². The average Bonchev–Trinajstić information content (AvgIpc) is 3.02. The second-order valence-corrected chi connectivity index (χ2v) is 5.40. The Bertz CT molecular complexity index is 834. The van der Waals surface area contributed by atoms with Crippen molar-refractivity contribution in [3.63, 3.8) is 0 Å². The SMILES string of the molecule is N#CC(C#N)C(c1ccccc1)C1C(=O)ON=C1c1ccccc1. The molecule has 1 aliphatic rings. The van der Waals surface area contributed by atoms with Gasteiger partial charge in [0.15, 0.2) is 0 Å². The van der Waals surface area contributed by atoms with E-state index < -0.39 is 23.7 Å². The van der Waals surface area contributed by atoms with E-state index in [0.29, 0.717) is 5.71 Å². The van der Waals surface area contributed by atoms with Crippen molar-refractivity contribution in [2.24, 2.45) is 17.0 Å². The number of benzene rings is 2. The molecule has 1 aliphatic heterocycles. The molecule has 2 aromatic carbocycles. The van der Waals surface area contributed by atoms with Crippen LogP contribution < -0.4 is 0 Å². The van der Waals surface area contributed by atoms with Gasteiger partial charge in [-0.2, -0.15) is 10.5 Å². The summed E-state index contributed by atoms with van der Waals surface area (Å²) in [5.41, 5.74) is 1.92. The molecule has 2 aromatic rings. The van der Waals surface area contributed by atoms with E-state index in [4.69, 9.17) is 4.84 Å². The summed E-state index contributed by atoms with van der Waals surface area (Å²) in [6.45, 7) is 0. The molecule has 0 spiro atoms.